The molecule has 0 saturated carbocycles. The molecule has 120 valence electrons. The molecule has 0 radical (unpaired) electrons. The predicted octanol–water partition coefficient (Wildman–Crippen LogP) is 3.19. The molecule has 1 aromatic rings. The van der Waals surface area contributed by atoms with E-state index in [1.165, 1.54) is 6.07 Å². The predicted molar refractivity (Wildman–Crippen MR) is 87.4 cm³/mol. The number of likely N-dealkylation sites (N-methyl/N-ethyl adjacent to an activating group) is 1. The van der Waals surface area contributed by atoms with Crippen molar-refractivity contribution in [1.29, 1.82) is 0 Å². The van der Waals surface area contributed by atoms with Gasteiger partial charge in [-0.25, -0.2) is 4.39 Å². The molecule has 0 fully saturated rings. The third kappa shape index (κ3) is 5.42. The Hall–Kier alpha value is -1.49. The SMILES string of the molecule is CCCOc1cc(NC(CN(C)C)C(C)C)c(N)cc1F. The van der Waals surface area contributed by atoms with E-state index in [1.54, 1.807) is 6.07 Å². The minimum absolute atomic E-state index is 0.229. The van der Waals surface area contributed by atoms with E-state index < -0.39 is 5.82 Å². The van der Waals surface area contributed by atoms with Crippen molar-refractivity contribution in [3.05, 3.63) is 17.9 Å². The minimum Gasteiger partial charge on any atom is -0.490 e. The summed E-state index contributed by atoms with van der Waals surface area (Å²) in [5, 5.41) is 3.41. The van der Waals surface area contributed by atoms with Crippen molar-refractivity contribution in [3.8, 4) is 5.75 Å². The molecule has 0 spiro atoms. The first-order valence-corrected chi connectivity index (χ1v) is 7.48. The second-order valence-electron chi connectivity index (χ2n) is 5.98. The molecule has 3 N–H and O–H groups in total. The van der Waals surface area contributed by atoms with Crippen molar-refractivity contribution >= 4 is 11.4 Å². The highest BCUT2D eigenvalue weighted by Crippen LogP contribution is 2.29. The third-order valence-corrected chi connectivity index (χ3v) is 3.27. The van der Waals surface area contributed by atoms with Crippen molar-refractivity contribution in [2.24, 2.45) is 5.92 Å². The van der Waals surface area contributed by atoms with Crippen LogP contribution in [0.2, 0.25) is 0 Å². The molecule has 21 heavy (non-hydrogen) atoms. The van der Waals surface area contributed by atoms with Gasteiger partial charge in [-0.05, 0) is 26.4 Å². The van der Waals surface area contributed by atoms with Crippen LogP contribution in [0.4, 0.5) is 15.8 Å². The molecular weight excluding hydrogens is 269 g/mol. The van der Waals surface area contributed by atoms with Crippen LogP contribution in [0.5, 0.6) is 5.75 Å². The maximum absolute atomic E-state index is 13.8. The Morgan fingerprint density at radius 2 is 2.00 bits per heavy atom. The summed E-state index contributed by atoms with van der Waals surface area (Å²) >= 11 is 0. The summed E-state index contributed by atoms with van der Waals surface area (Å²) in [6, 6.07) is 3.21. The summed E-state index contributed by atoms with van der Waals surface area (Å²) in [5.74, 6) is 0.262. The second-order valence-corrected chi connectivity index (χ2v) is 5.98. The number of benzene rings is 1. The van der Waals surface area contributed by atoms with Crippen LogP contribution in [0, 0.1) is 11.7 Å². The standard InChI is InChI=1S/C16H28FN3O/c1-6-7-21-16-9-14(13(18)8-12(16)17)19-15(11(2)3)10-20(4)5/h8-9,11,15,19H,6-7,10,18H2,1-5H3. The molecule has 0 heterocycles. The van der Waals surface area contributed by atoms with Crippen LogP contribution < -0.4 is 15.8 Å². The second kappa shape index (κ2) is 8.08. The van der Waals surface area contributed by atoms with Gasteiger partial charge in [-0.3, -0.25) is 0 Å². The number of anilines is 2. The van der Waals surface area contributed by atoms with Gasteiger partial charge in [0, 0.05) is 24.7 Å². The van der Waals surface area contributed by atoms with E-state index >= 15 is 0 Å². The molecule has 0 bridgehead atoms. The highest BCUT2D eigenvalue weighted by Gasteiger charge is 2.17. The quantitative estimate of drug-likeness (QED) is 0.724. The lowest BCUT2D eigenvalue weighted by Crippen LogP contribution is -2.36. The minimum atomic E-state index is -0.416. The molecule has 0 saturated heterocycles. The number of nitrogens with zero attached hydrogens (tertiary/aromatic N) is 1. The maximum Gasteiger partial charge on any atom is 0.167 e. The molecule has 0 amide bonds. The van der Waals surface area contributed by atoms with Crippen molar-refractivity contribution in [3.63, 3.8) is 0 Å². The van der Waals surface area contributed by atoms with Crippen LogP contribution in [0.1, 0.15) is 27.2 Å². The van der Waals surface area contributed by atoms with E-state index in [1.807, 2.05) is 21.0 Å². The lowest BCUT2D eigenvalue weighted by molar-refractivity contribution is 0.301. The Bertz CT molecular complexity index is 449. The fourth-order valence-electron chi connectivity index (χ4n) is 2.03. The van der Waals surface area contributed by atoms with Gasteiger partial charge in [-0.15, -0.1) is 0 Å². The summed E-state index contributed by atoms with van der Waals surface area (Å²) in [7, 11) is 4.06. The smallest absolute Gasteiger partial charge is 0.167 e. The van der Waals surface area contributed by atoms with Crippen LogP contribution in [0.3, 0.4) is 0 Å². The molecule has 0 aliphatic heterocycles. The molecular formula is C16H28FN3O. The first-order valence-electron chi connectivity index (χ1n) is 7.48. The summed E-state index contributed by atoms with van der Waals surface area (Å²) in [6.45, 7) is 7.65. The molecule has 1 rings (SSSR count). The van der Waals surface area contributed by atoms with Gasteiger partial charge < -0.3 is 20.7 Å². The Labute approximate surface area is 127 Å². The summed E-state index contributed by atoms with van der Waals surface area (Å²) in [6.07, 6.45) is 0.835. The van der Waals surface area contributed by atoms with E-state index in [2.05, 4.69) is 24.1 Å². The number of hydrogen-bond acceptors (Lipinski definition) is 4. The monoisotopic (exact) mass is 297 g/mol. The van der Waals surface area contributed by atoms with Gasteiger partial charge in [0.15, 0.2) is 11.6 Å². The summed E-state index contributed by atoms with van der Waals surface area (Å²) in [4.78, 5) is 2.12. The molecule has 4 nitrogen and oxygen atoms in total. The largest absolute Gasteiger partial charge is 0.490 e. The van der Waals surface area contributed by atoms with Gasteiger partial charge in [-0.2, -0.15) is 0 Å². The van der Waals surface area contributed by atoms with Gasteiger partial charge in [0.1, 0.15) is 0 Å². The number of rotatable bonds is 8. The first-order chi connectivity index (χ1) is 9.85. The number of hydrogen-bond donors (Lipinski definition) is 2. The van der Waals surface area contributed by atoms with Crippen molar-refractivity contribution in [2.45, 2.75) is 33.2 Å². The summed E-state index contributed by atoms with van der Waals surface area (Å²) < 4.78 is 19.2. The average Bonchev–Trinajstić information content (AvgIpc) is 2.38. The van der Waals surface area contributed by atoms with Crippen LogP contribution in [-0.4, -0.2) is 38.2 Å². The van der Waals surface area contributed by atoms with Crippen LogP contribution in [-0.2, 0) is 0 Å². The van der Waals surface area contributed by atoms with Crippen LogP contribution in [0.15, 0.2) is 12.1 Å². The number of nitrogens with one attached hydrogen (secondary N) is 1. The molecule has 0 aromatic heterocycles. The van der Waals surface area contributed by atoms with Gasteiger partial charge in [0.2, 0.25) is 0 Å². The van der Waals surface area contributed by atoms with Crippen molar-refractivity contribution in [2.75, 3.05) is 38.3 Å². The van der Waals surface area contributed by atoms with Crippen molar-refractivity contribution in [1.82, 2.24) is 4.90 Å². The topological polar surface area (TPSA) is 50.5 Å². The zero-order chi connectivity index (χ0) is 16.0. The molecule has 0 aliphatic carbocycles. The highest BCUT2D eigenvalue weighted by atomic mass is 19.1. The maximum atomic E-state index is 13.8. The number of halogens is 1. The Kier molecular flexibility index (Phi) is 6.75. The Morgan fingerprint density at radius 3 is 2.52 bits per heavy atom. The fraction of sp³-hybridized carbons (Fsp3) is 0.625. The van der Waals surface area contributed by atoms with E-state index in [0.29, 0.717) is 18.2 Å². The molecule has 1 unspecified atom stereocenters. The average molecular weight is 297 g/mol. The van der Waals surface area contributed by atoms with Crippen LogP contribution >= 0.6 is 0 Å². The van der Waals surface area contributed by atoms with E-state index in [9.17, 15) is 4.39 Å². The van der Waals surface area contributed by atoms with Crippen molar-refractivity contribution < 1.29 is 9.13 Å². The number of nitrogens with two attached hydrogens (primary N) is 1. The van der Waals surface area contributed by atoms with E-state index in [0.717, 1.165) is 18.7 Å². The zero-order valence-corrected chi connectivity index (χ0v) is 13.7. The van der Waals surface area contributed by atoms with Gasteiger partial charge in [0.05, 0.1) is 18.0 Å². The Balaban J connectivity index is 2.94. The molecule has 1 atom stereocenters. The molecule has 5 heteroatoms. The lowest BCUT2D eigenvalue weighted by atomic mass is 10.0. The van der Waals surface area contributed by atoms with E-state index in [-0.39, 0.29) is 11.8 Å². The zero-order valence-electron chi connectivity index (χ0n) is 13.7. The highest BCUT2D eigenvalue weighted by molar-refractivity contribution is 5.69. The Morgan fingerprint density at radius 1 is 1.33 bits per heavy atom. The van der Waals surface area contributed by atoms with E-state index in [4.69, 9.17) is 10.5 Å². The number of nitrogen functional groups attached to an aromatic ring is 1. The lowest BCUT2D eigenvalue weighted by Gasteiger charge is -2.27. The summed E-state index contributed by atoms with van der Waals surface area (Å²) in [5.41, 5.74) is 7.06. The fourth-order valence-corrected chi connectivity index (χ4v) is 2.03. The van der Waals surface area contributed by atoms with Gasteiger partial charge in [-0.1, -0.05) is 20.8 Å². The van der Waals surface area contributed by atoms with Crippen LogP contribution in [0.25, 0.3) is 0 Å². The molecule has 0 aliphatic rings. The first kappa shape index (κ1) is 17.6. The third-order valence-electron chi connectivity index (χ3n) is 3.27. The normalized spacial score (nSPS) is 12.8. The number of ether oxygens (including phenoxy) is 1. The molecule has 1 aromatic carbocycles. The van der Waals surface area contributed by atoms with Gasteiger partial charge in [0.25, 0.3) is 0 Å². The van der Waals surface area contributed by atoms with Gasteiger partial charge >= 0.3 is 0 Å².